The van der Waals surface area contributed by atoms with Crippen LogP contribution in [0.1, 0.15) is 17.3 Å². The molecule has 0 radical (unpaired) electrons. The van der Waals surface area contributed by atoms with Crippen molar-refractivity contribution in [2.24, 2.45) is 0 Å². The fourth-order valence-electron chi connectivity index (χ4n) is 2.86. The summed E-state index contributed by atoms with van der Waals surface area (Å²) in [5.74, 6) is -2.43. The number of rotatable bonds is 6. The molecule has 0 bridgehead atoms. The highest BCUT2D eigenvalue weighted by atomic mass is 32.2. The number of ether oxygens (including phenoxy) is 2. The first-order valence-corrected chi connectivity index (χ1v) is 10.4. The Bertz CT molecular complexity index is 1010. The number of carbonyl (C=O) groups excluding carboxylic acids is 1. The minimum atomic E-state index is -3.91. The predicted molar refractivity (Wildman–Crippen MR) is 102 cm³/mol. The third kappa shape index (κ3) is 4.72. The van der Waals surface area contributed by atoms with Gasteiger partial charge in [0.1, 0.15) is 22.3 Å². The van der Waals surface area contributed by atoms with Gasteiger partial charge in [-0.1, -0.05) is 0 Å². The molecule has 7 nitrogen and oxygen atoms in total. The van der Waals surface area contributed by atoms with E-state index in [4.69, 9.17) is 9.47 Å². The largest absolute Gasteiger partial charge is 0.492 e. The number of hydrogen-bond acceptors (Lipinski definition) is 5. The van der Waals surface area contributed by atoms with Crippen LogP contribution in [-0.4, -0.2) is 51.5 Å². The van der Waals surface area contributed by atoms with Gasteiger partial charge in [0.15, 0.2) is 0 Å². The van der Waals surface area contributed by atoms with Crippen molar-refractivity contribution < 1.29 is 31.5 Å². The van der Waals surface area contributed by atoms with Crippen LogP contribution in [0.5, 0.6) is 5.75 Å². The molecule has 2 aromatic carbocycles. The number of anilines is 1. The minimum Gasteiger partial charge on any atom is -0.492 e. The second-order valence-corrected chi connectivity index (χ2v) is 8.10. The summed E-state index contributed by atoms with van der Waals surface area (Å²) in [6.45, 7) is 2.90. The number of nitrogens with one attached hydrogen (secondary N) is 1. The first-order chi connectivity index (χ1) is 13.8. The Kier molecular flexibility index (Phi) is 6.46. The van der Waals surface area contributed by atoms with Gasteiger partial charge >= 0.3 is 0 Å². The molecule has 1 heterocycles. The lowest BCUT2D eigenvalue weighted by Gasteiger charge is -2.27. The summed E-state index contributed by atoms with van der Waals surface area (Å²) in [7, 11) is -3.91. The summed E-state index contributed by atoms with van der Waals surface area (Å²) in [5.41, 5.74) is -0.384. The lowest BCUT2D eigenvalue weighted by atomic mass is 10.2. The van der Waals surface area contributed by atoms with E-state index < -0.39 is 33.1 Å². The van der Waals surface area contributed by atoms with Crippen molar-refractivity contribution in [1.29, 1.82) is 0 Å². The number of halogens is 2. The Labute approximate surface area is 167 Å². The van der Waals surface area contributed by atoms with Crippen molar-refractivity contribution >= 4 is 21.6 Å². The van der Waals surface area contributed by atoms with Crippen molar-refractivity contribution in [3.05, 3.63) is 53.6 Å². The summed E-state index contributed by atoms with van der Waals surface area (Å²) in [5, 5.41) is 2.40. The zero-order chi connectivity index (χ0) is 21.0. The number of carbonyl (C=O) groups is 1. The first kappa shape index (κ1) is 21.2. The number of morpholine rings is 1. The molecule has 1 amide bonds. The zero-order valence-electron chi connectivity index (χ0n) is 15.7. The molecule has 10 heteroatoms. The van der Waals surface area contributed by atoms with E-state index in [1.54, 1.807) is 6.92 Å². The molecule has 0 spiro atoms. The molecule has 1 aliphatic heterocycles. The van der Waals surface area contributed by atoms with Gasteiger partial charge in [-0.3, -0.25) is 4.79 Å². The summed E-state index contributed by atoms with van der Waals surface area (Å²) in [4.78, 5) is 12.2. The fraction of sp³-hybridized carbons (Fsp3) is 0.316. The van der Waals surface area contributed by atoms with Crippen molar-refractivity contribution in [1.82, 2.24) is 4.31 Å². The number of sulfonamides is 1. The molecule has 0 saturated carbocycles. The highest BCUT2D eigenvalue weighted by Crippen LogP contribution is 2.30. The highest BCUT2D eigenvalue weighted by molar-refractivity contribution is 7.89. The van der Waals surface area contributed by atoms with Crippen molar-refractivity contribution in [3.8, 4) is 5.75 Å². The van der Waals surface area contributed by atoms with Crippen molar-refractivity contribution in [2.75, 3.05) is 38.2 Å². The van der Waals surface area contributed by atoms with Gasteiger partial charge in [-0.25, -0.2) is 17.2 Å². The van der Waals surface area contributed by atoms with E-state index in [2.05, 4.69) is 5.32 Å². The standard InChI is InChI=1S/C19H20F2N2O5S/c1-2-28-17-6-4-14(22-19(24)15-11-13(20)3-5-16(15)21)12-18(17)29(25,26)23-7-9-27-10-8-23/h3-6,11-12H,2,7-10H2,1H3,(H,22,24). The Morgan fingerprint density at radius 3 is 2.59 bits per heavy atom. The van der Waals surface area contributed by atoms with Gasteiger partial charge in [0.25, 0.3) is 5.91 Å². The summed E-state index contributed by atoms with van der Waals surface area (Å²) in [6, 6.07) is 6.59. The average Bonchev–Trinajstić information content (AvgIpc) is 2.71. The topological polar surface area (TPSA) is 84.9 Å². The van der Waals surface area contributed by atoms with Crippen molar-refractivity contribution in [3.63, 3.8) is 0 Å². The van der Waals surface area contributed by atoms with E-state index >= 15 is 0 Å². The number of hydrogen-bond donors (Lipinski definition) is 1. The average molecular weight is 426 g/mol. The normalized spacial score (nSPS) is 15.1. The van der Waals surface area contributed by atoms with Gasteiger partial charge < -0.3 is 14.8 Å². The number of amides is 1. The molecule has 1 aliphatic rings. The van der Waals surface area contributed by atoms with Crippen LogP contribution >= 0.6 is 0 Å². The summed E-state index contributed by atoms with van der Waals surface area (Å²) in [6.07, 6.45) is 0. The van der Waals surface area contributed by atoms with Gasteiger partial charge in [-0.15, -0.1) is 0 Å². The smallest absolute Gasteiger partial charge is 0.258 e. The Morgan fingerprint density at radius 1 is 1.17 bits per heavy atom. The Balaban J connectivity index is 1.94. The van der Waals surface area contributed by atoms with E-state index in [1.165, 1.54) is 22.5 Å². The molecule has 0 aromatic heterocycles. The Morgan fingerprint density at radius 2 is 1.90 bits per heavy atom. The summed E-state index contributed by atoms with van der Waals surface area (Å²) < 4.78 is 65.2. The van der Waals surface area contributed by atoms with E-state index in [0.717, 1.165) is 18.2 Å². The first-order valence-electron chi connectivity index (χ1n) is 8.94. The lowest BCUT2D eigenvalue weighted by Crippen LogP contribution is -2.40. The van der Waals surface area contributed by atoms with Gasteiger partial charge in [-0.05, 0) is 43.3 Å². The monoisotopic (exact) mass is 426 g/mol. The Hall–Kier alpha value is -2.56. The molecule has 1 N–H and O–H groups in total. The van der Waals surface area contributed by atoms with E-state index in [9.17, 15) is 22.0 Å². The van der Waals surface area contributed by atoms with Crippen LogP contribution in [-0.2, 0) is 14.8 Å². The highest BCUT2D eigenvalue weighted by Gasteiger charge is 2.30. The molecule has 1 saturated heterocycles. The molecule has 156 valence electrons. The van der Waals surface area contributed by atoms with Crippen LogP contribution in [0.2, 0.25) is 0 Å². The van der Waals surface area contributed by atoms with Crippen LogP contribution in [0.15, 0.2) is 41.3 Å². The van der Waals surface area contributed by atoms with Gasteiger partial charge in [0.2, 0.25) is 10.0 Å². The van der Waals surface area contributed by atoms with E-state index in [-0.39, 0.29) is 49.2 Å². The number of benzene rings is 2. The maximum absolute atomic E-state index is 13.8. The molecule has 0 unspecified atom stereocenters. The van der Waals surface area contributed by atoms with Crippen LogP contribution in [0, 0.1) is 11.6 Å². The molecule has 0 atom stereocenters. The van der Waals surface area contributed by atoms with Crippen LogP contribution in [0.4, 0.5) is 14.5 Å². The quantitative estimate of drug-likeness (QED) is 0.768. The van der Waals surface area contributed by atoms with Crippen LogP contribution in [0.3, 0.4) is 0 Å². The van der Waals surface area contributed by atoms with Crippen molar-refractivity contribution in [2.45, 2.75) is 11.8 Å². The molecule has 29 heavy (non-hydrogen) atoms. The molecule has 0 aliphatic carbocycles. The second-order valence-electron chi connectivity index (χ2n) is 6.19. The zero-order valence-corrected chi connectivity index (χ0v) is 16.5. The fourth-order valence-corrected chi connectivity index (χ4v) is 4.42. The maximum atomic E-state index is 13.8. The maximum Gasteiger partial charge on any atom is 0.258 e. The summed E-state index contributed by atoms with van der Waals surface area (Å²) >= 11 is 0. The van der Waals surface area contributed by atoms with Crippen LogP contribution < -0.4 is 10.1 Å². The van der Waals surface area contributed by atoms with E-state index in [1.807, 2.05) is 0 Å². The van der Waals surface area contributed by atoms with Gasteiger partial charge in [-0.2, -0.15) is 4.31 Å². The second kappa shape index (κ2) is 8.85. The minimum absolute atomic E-state index is 0.106. The predicted octanol–water partition coefficient (Wildman–Crippen LogP) is 2.64. The van der Waals surface area contributed by atoms with E-state index in [0.29, 0.717) is 0 Å². The molecular weight excluding hydrogens is 406 g/mol. The molecular formula is C19H20F2N2O5S. The molecule has 3 rings (SSSR count). The molecule has 1 fully saturated rings. The lowest BCUT2D eigenvalue weighted by molar-refractivity contribution is 0.0729. The third-order valence-corrected chi connectivity index (χ3v) is 6.18. The van der Waals surface area contributed by atoms with Gasteiger partial charge in [0, 0.05) is 18.8 Å². The third-order valence-electron chi connectivity index (χ3n) is 4.26. The number of nitrogens with zero attached hydrogens (tertiary/aromatic N) is 1. The molecule has 2 aromatic rings. The SMILES string of the molecule is CCOc1ccc(NC(=O)c2cc(F)ccc2F)cc1S(=O)(=O)N1CCOCC1. The van der Waals surface area contributed by atoms with Crippen LogP contribution in [0.25, 0.3) is 0 Å². The van der Waals surface area contributed by atoms with Gasteiger partial charge in [0.05, 0.1) is 25.4 Å².